The first-order chi connectivity index (χ1) is 8.85. The first-order valence-corrected chi connectivity index (χ1v) is 7.12. The van der Waals surface area contributed by atoms with Crippen LogP contribution in [0.2, 0.25) is 0 Å². The van der Waals surface area contributed by atoms with E-state index in [1.165, 1.54) is 18.4 Å². The van der Waals surface area contributed by atoms with Crippen molar-refractivity contribution in [3.8, 4) is 17.6 Å². The molecule has 0 saturated carbocycles. The Bertz CT molecular complexity index is 450. The molecule has 18 heavy (non-hydrogen) atoms. The third kappa shape index (κ3) is 3.07. The van der Waals surface area contributed by atoms with Crippen molar-refractivity contribution in [1.82, 2.24) is 0 Å². The molecular formula is C17H22O. The summed E-state index contributed by atoms with van der Waals surface area (Å²) in [5.74, 6) is 7.57. The van der Waals surface area contributed by atoms with Gasteiger partial charge >= 0.3 is 0 Å². The number of para-hydroxylation sites is 1. The zero-order chi connectivity index (χ0) is 12.8. The standard InChI is InChI=1S/C17H22O/c1-3-5-6-7-9-14-10-8-11-15-12-13-16(4-2)18-17(14)15/h8,10-11,16H,3-6,12-13H2,1-2H3/t16-/m0/s1. The van der Waals surface area contributed by atoms with Gasteiger partial charge in [-0.05, 0) is 37.3 Å². The van der Waals surface area contributed by atoms with Crippen LogP contribution in [0, 0.1) is 11.8 Å². The topological polar surface area (TPSA) is 9.23 Å². The summed E-state index contributed by atoms with van der Waals surface area (Å²) in [4.78, 5) is 0. The van der Waals surface area contributed by atoms with Gasteiger partial charge in [-0.3, -0.25) is 0 Å². The van der Waals surface area contributed by atoms with Crippen LogP contribution in [-0.4, -0.2) is 6.10 Å². The lowest BCUT2D eigenvalue weighted by Crippen LogP contribution is -2.22. The molecule has 1 aliphatic rings. The normalized spacial score (nSPS) is 17.3. The molecule has 1 nitrogen and oxygen atoms in total. The zero-order valence-electron chi connectivity index (χ0n) is 11.5. The molecule has 1 heterocycles. The third-order valence-electron chi connectivity index (χ3n) is 3.45. The fourth-order valence-electron chi connectivity index (χ4n) is 2.27. The maximum Gasteiger partial charge on any atom is 0.138 e. The minimum atomic E-state index is 0.371. The monoisotopic (exact) mass is 242 g/mol. The van der Waals surface area contributed by atoms with Crippen molar-refractivity contribution in [3.05, 3.63) is 29.3 Å². The Morgan fingerprint density at radius 1 is 1.33 bits per heavy atom. The number of fused-ring (bicyclic) bond motifs is 1. The summed E-state index contributed by atoms with van der Waals surface area (Å²) in [5.41, 5.74) is 2.39. The highest BCUT2D eigenvalue weighted by molar-refractivity contribution is 5.51. The molecule has 2 rings (SSSR count). The minimum Gasteiger partial charge on any atom is -0.489 e. The van der Waals surface area contributed by atoms with Crippen LogP contribution in [0.3, 0.4) is 0 Å². The summed E-state index contributed by atoms with van der Waals surface area (Å²) >= 11 is 0. The summed E-state index contributed by atoms with van der Waals surface area (Å²) in [6.07, 6.45) is 7.08. The smallest absolute Gasteiger partial charge is 0.138 e. The van der Waals surface area contributed by atoms with E-state index in [-0.39, 0.29) is 0 Å². The predicted molar refractivity (Wildman–Crippen MR) is 75.9 cm³/mol. The maximum absolute atomic E-state index is 6.07. The highest BCUT2D eigenvalue weighted by Crippen LogP contribution is 2.31. The molecule has 0 amide bonds. The predicted octanol–water partition coefficient (Wildman–Crippen LogP) is 4.33. The highest BCUT2D eigenvalue weighted by atomic mass is 16.5. The molecule has 1 atom stereocenters. The summed E-state index contributed by atoms with van der Waals surface area (Å²) in [6, 6.07) is 6.34. The van der Waals surface area contributed by atoms with Crippen molar-refractivity contribution in [2.75, 3.05) is 0 Å². The van der Waals surface area contributed by atoms with E-state index in [1.54, 1.807) is 0 Å². The molecule has 1 heteroatoms. The number of rotatable bonds is 3. The second-order valence-electron chi connectivity index (χ2n) is 4.89. The lowest BCUT2D eigenvalue weighted by atomic mass is 9.98. The Hall–Kier alpha value is -1.42. The maximum atomic E-state index is 6.07. The average molecular weight is 242 g/mol. The molecular weight excluding hydrogens is 220 g/mol. The van der Waals surface area contributed by atoms with Gasteiger partial charge in [0.2, 0.25) is 0 Å². The average Bonchev–Trinajstić information content (AvgIpc) is 2.43. The fraction of sp³-hybridized carbons (Fsp3) is 0.529. The van der Waals surface area contributed by atoms with E-state index in [2.05, 4.69) is 43.9 Å². The van der Waals surface area contributed by atoms with Gasteiger partial charge in [0.1, 0.15) is 5.75 Å². The number of unbranched alkanes of at least 4 members (excludes halogenated alkanes) is 2. The minimum absolute atomic E-state index is 0.371. The van der Waals surface area contributed by atoms with Gasteiger partial charge in [-0.1, -0.05) is 44.2 Å². The highest BCUT2D eigenvalue weighted by Gasteiger charge is 2.19. The van der Waals surface area contributed by atoms with Gasteiger partial charge in [0, 0.05) is 6.42 Å². The van der Waals surface area contributed by atoms with Gasteiger partial charge in [-0.15, -0.1) is 0 Å². The Labute approximate surface area is 111 Å². The first-order valence-electron chi connectivity index (χ1n) is 7.12. The molecule has 0 bridgehead atoms. The van der Waals surface area contributed by atoms with Crippen LogP contribution >= 0.6 is 0 Å². The van der Waals surface area contributed by atoms with Crippen LogP contribution < -0.4 is 4.74 Å². The molecule has 0 spiro atoms. The van der Waals surface area contributed by atoms with Gasteiger partial charge in [0.05, 0.1) is 11.7 Å². The number of benzene rings is 1. The van der Waals surface area contributed by atoms with E-state index < -0.39 is 0 Å². The van der Waals surface area contributed by atoms with Gasteiger partial charge in [-0.2, -0.15) is 0 Å². The van der Waals surface area contributed by atoms with Crippen molar-refractivity contribution in [2.24, 2.45) is 0 Å². The second-order valence-corrected chi connectivity index (χ2v) is 4.89. The SMILES string of the molecule is CCCCC#Cc1cccc2c1O[C@@H](CC)CC2. The number of hydrogen-bond acceptors (Lipinski definition) is 1. The van der Waals surface area contributed by atoms with E-state index in [0.717, 1.165) is 37.0 Å². The van der Waals surface area contributed by atoms with Gasteiger partial charge in [0.15, 0.2) is 0 Å². The molecule has 96 valence electrons. The Morgan fingerprint density at radius 3 is 3.00 bits per heavy atom. The quantitative estimate of drug-likeness (QED) is 0.566. The number of ether oxygens (including phenoxy) is 1. The fourth-order valence-corrected chi connectivity index (χ4v) is 2.27. The summed E-state index contributed by atoms with van der Waals surface area (Å²) < 4.78 is 6.07. The Balaban J connectivity index is 2.18. The van der Waals surface area contributed by atoms with E-state index >= 15 is 0 Å². The van der Waals surface area contributed by atoms with E-state index in [1.807, 2.05) is 0 Å². The van der Waals surface area contributed by atoms with E-state index in [4.69, 9.17) is 4.74 Å². The summed E-state index contributed by atoms with van der Waals surface area (Å²) in [5, 5.41) is 0. The third-order valence-corrected chi connectivity index (χ3v) is 3.45. The van der Waals surface area contributed by atoms with E-state index in [9.17, 15) is 0 Å². The van der Waals surface area contributed by atoms with Crippen LogP contribution in [0.4, 0.5) is 0 Å². The molecule has 0 aromatic heterocycles. The molecule has 0 radical (unpaired) electrons. The van der Waals surface area contributed by atoms with Crippen LogP contribution in [-0.2, 0) is 6.42 Å². The molecule has 0 fully saturated rings. The van der Waals surface area contributed by atoms with Crippen LogP contribution in [0.25, 0.3) is 0 Å². The van der Waals surface area contributed by atoms with Gasteiger partial charge in [-0.25, -0.2) is 0 Å². The van der Waals surface area contributed by atoms with Crippen molar-refractivity contribution < 1.29 is 4.74 Å². The van der Waals surface area contributed by atoms with Crippen molar-refractivity contribution in [2.45, 2.75) is 58.5 Å². The molecule has 1 aromatic carbocycles. The van der Waals surface area contributed by atoms with Gasteiger partial charge < -0.3 is 4.74 Å². The second kappa shape index (κ2) is 6.50. The number of hydrogen-bond donors (Lipinski definition) is 0. The van der Waals surface area contributed by atoms with Crippen LogP contribution in [0.1, 0.15) is 57.1 Å². The molecule has 1 aliphatic heterocycles. The zero-order valence-corrected chi connectivity index (χ0v) is 11.5. The summed E-state index contributed by atoms with van der Waals surface area (Å²) in [7, 11) is 0. The molecule has 0 unspecified atom stereocenters. The molecule has 0 aliphatic carbocycles. The Kier molecular flexibility index (Phi) is 4.70. The molecule has 0 saturated heterocycles. The lowest BCUT2D eigenvalue weighted by Gasteiger charge is -2.26. The Morgan fingerprint density at radius 2 is 2.22 bits per heavy atom. The summed E-state index contributed by atoms with van der Waals surface area (Å²) in [6.45, 7) is 4.38. The molecule has 0 N–H and O–H groups in total. The van der Waals surface area contributed by atoms with Crippen LogP contribution in [0.5, 0.6) is 5.75 Å². The van der Waals surface area contributed by atoms with Crippen LogP contribution in [0.15, 0.2) is 18.2 Å². The van der Waals surface area contributed by atoms with E-state index in [0.29, 0.717) is 6.10 Å². The largest absolute Gasteiger partial charge is 0.489 e. The molecule has 1 aromatic rings. The number of aryl methyl sites for hydroxylation is 1. The first kappa shape index (κ1) is 13.0. The lowest BCUT2D eigenvalue weighted by molar-refractivity contribution is 0.169. The van der Waals surface area contributed by atoms with Crippen molar-refractivity contribution >= 4 is 0 Å². The van der Waals surface area contributed by atoms with Crippen molar-refractivity contribution in [1.29, 1.82) is 0 Å². The van der Waals surface area contributed by atoms with Gasteiger partial charge in [0.25, 0.3) is 0 Å². The van der Waals surface area contributed by atoms with Crippen molar-refractivity contribution in [3.63, 3.8) is 0 Å².